The predicted octanol–water partition coefficient (Wildman–Crippen LogP) is 2.56. The first kappa shape index (κ1) is 25.3. The normalized spacial score (nSPS) is 22.6. The van der Waals surface area contributed by atoms with Gasteiger partial charge >= 0.3 is 6.09 Å². The number of nitriles is 1. The third-order valence-corrected chi connectivity index (χ3v) is 8.32. The minimum Gasteiger partial charge on any atom is -0.465 e. The van der Waals surface area contributed by atoms with E-state index in [0.29, 0.717) is 32.7 Å². The van der Waals surface area contributed by atoms with E-state index in [0.717, 1.165) is 55.8 Å². The molecule has 1 N–H and O–H groups in total. The van der Waals surface area contributed by atoms with E-state index in [4.69, 9.17) is 0 Å². The lowest BCUT2D eigenvalue weighted by molar-refractivity contribution is 0.136. The molecule has 9 heteroatoms. The molecule has 3 aliphatic heterocycles. The Bertz CT molecular complexity index is 1250. The van der Waals surface area contributed by atoms with E-state index in [-0.39, 0.29) is 23.2 Å². The smallest absolute Gasteiger partial charge is 0.407 e. The summed E-state index contributed by atoms with van der Waals surface area (Å²) in [6.45, 7) is 7.07. The van der Waals surface area contributed by atoms with Crippen LogP contribution in [0.15, 0.2) is 35.1 Å². The van der Waals surface area contributed by atoms with E-state index in [2.05, 4.69) is 52.1 Å². The molecule has 0 unspecified atom stereocenters. The summed E-state index contributed by atoms with van der Waals surface area (Å²) in [5, 5.41) is 19.7. The molecule has 3 aliphatic rings. The second kappa shape index (κ2) is 10.6. The first-order chi connectivity index (χ1) is 17.9. The summed E-state index contributed by atoms with van der Waals surface area (Å²) in [7, 11) is 2.11. The van der Waals surface area contributed by atoms with Crippen molar-refractivity contribution in [2.45, 2.75) is 57.9 Å². The van der Waals surface area contributed by atoms with Crippen LogP contribution in [0.5, 0.6) is 0 Å². The van der Waals surface area contributed by atoms with Crippen molar-refractivity contribution in [1.82, 2.24) is 19.3 Å². The predicted molar refractivity (Wildman–Crippen MR) is 142 cm³/mol. The summed E-state index contributed by atoms with van der Waals surface area (Å²) in [6, 6.07) is 12.8. The molecule has 4 heterocycles. The van der Waals surface area contributed by atoms with Crippen LogP contribution in [0.2, 0.25) is 0 Å². The van der Waals surface area contributed by atoms with E-state index in [9.17, 15) is 20.0 Å². The van der Waals surface area contributed by atoms with Crippen molar-refractivity contribution < 1.29 is 9.90 Å². The molecule has 0 radical (unpaired) electrons. The molecule has 1 aromatic carbocycles. The number of aromatic nitrogens is 1. The number of amides is 1. The van der Waals surface area contributed by atoms with Crippen LogP contribution in [0.4, 0.5) is 10.5 Å². The van der Waals surface area contributed by atoms with Crippen LogP contribution in [0.3, 0.4) is 0 Å². The molecule has 2 atom stereocenters. The Kier molecular flexibility index (Phi) is 7.22. The topological polar surface area (TPSA) is 96.0 Å². The zero-order valence-electron chi connectivity index (χ0n) is 21.8. The Morgan fingerprint density at radius 1 is 1.16 bits per heavy atom. The summed E-state index contributed by atoms with van der Waals surface area (Å²) >= 11 is 0. The number of carbonyl (C=O) groups is 1. The second-order valence-corrected chi connectivity index (χ2v) is 10.7. The zero-order valence-corrected chi connectivity index (χ0v) is 21.8. The molecule has 2 aromatic rings. The maximum atomic E-state index is 13.9. The molecule has 1 amide bonds. The van der Waals surface area contributed by atoms with Crippen LogP contribution < -0.4 is 10.5 Å². The molecule has 9 nitrogen and oxygen atoms in total. The van der Waals surface area contributed by atoms with Crippen molar-refractivity contribution in [3.05, 3.63) is 63.1 Å². The van der Waals surface area contributed by atoms with Crippen molar-refractivity contribution in [1.29, 1.82) is 5.26 Å². The molecule has 1 aromatic heterocycles. The molecule has 2 fully saturated rings. The lowest BCUT2D eigenvalue weighted by Crippen LogP contribution is -2.54. The van der Waals surface area contributed by atoms with Gasteiger partial charge in [0.2, 0.25) is 0 Å². The van der Waals surface area contributed by atoms with Crippen molar-refractivity contribution >= 4 is 11.8 Å². The minimum atomic E-state index is -0.929. The fourth-order valence-electron chi connectivity index (χ4n) is 6.29. The molecule has 0 saturated carbocycles. The van der Waals surface area contributed by atoms with Gasteiger partial charge in [0.05, 0.1) is 5.69 Å². The van der Waals surface area contributed by atoms with Gasteiger partial charge in [-0.1, -0.05) is 30.3 Å². The number of nitrogens with zero attached hydrogens (tertiary/aromatic N) is 6. The zero-order chi connectivity index (χ0) is 26.1. The van der Waals surface area contributed by atoms with Gasteiger partial charge in [0.1, 0.15) is 11.6 Å². The summed E-state index contributed by atoms with van der Waals surface area (Å²) in [5.74, 6) is 0. The number of hydrogen-bond donors (Lipinski definition) is 1. The lowest BCUT2D eigenvalue weighted by atomic mass is 9.96. The van der Waals surface area contributed by atoms with Crippen molar-refractivity contribution in [3.8, 4) is 6.07 Å². The number of piperazine rings is 1. The Morgan fingerprint density at radius 2 is 1.95 bits per heavy atom. The van der Waals surface area contributed by atoms with Crippen molar-refractivity contribution in [3.63, 3.8) is 0 Å². The summed E-state index contributed by atoms with van der Waals surface area (Å²) in [6.07, 6.45) is 1.98. The number of likely N-dealkylation sites (tertiary alicyclic amines) is 1. The number of rotatable bonds is 5. The van der Waals surface area contributed by atoms with Gasteiger partial charge < -0.3 is 24.4 Å². The van der Waals surface area contributed by atoms with Gasteiger partial charge in [-0.25, -0.2) is 4.79 Å². The number of benzene rings is 1. The highest BCUT2D eigenvalue weighted by Crippen LogP contribution is 2.34. The van der Waals surface area contributed by atoms with Crippen LogP contribution >= 0.6 is 0 Å². The monoisotopic (exact) mass is 504 g/mol. The Balaban J connectivity index is 1.57. The molecule has 5 rings (SSSR count). The number of fused-ring (bicyclic) bond motifs is 1. The average molecular weight is 505 g/mol. The molecule has 196 valence electrons. The highest BCUT2D eigenvalue weighted by Gasteiger charge is 2.35. The maximum Gasteiger partial charge on any atom is 0.407 e. The van der Waals surface area contributed by atoms with Gasteiger partial charge in [-0.15, -0.1) is 0 Å². The van der Waals surface area contributed by atoms with Gasteiger partial charge in [-0.05, 0) is 50.9 Å². The molecule has 0 aliphatic carbocycles. The molecule has 2 saturated heterocycles. The average Bonchev–Trinajstić information content (AvgIpc) is 3.30. The third-order valence-electron chi connectivity index (χ3n) is 8.32. The first-order valence-corrected chi connectivity index (χ1v) is 13.3. The van der Waals surface area contributed by atoms with Crippen molar-refractivity contribution in [2.24, 2.45) is 0 Å². The number of hydrogen-bond acceptors (Lipinski definition) is 6. The quantitative estimate of drug-likeness (QED) is 0.669. The Hall–Kier alpha value is -3.35. The van der Waals surface area contributed by atoms with Crippen molar-refractivity contribution in [2.75, 3.05) is 44.7 Å². The SMILES string of the molecule is C[C@H]1CN(C(=O)O)CCN1c1c2c(n(C[C@@H]3CCCN3C)c(=O)c1C#N)CN(Cc1ccccc1)CC2. The fourth-order valence-corrected chi connectivity index (χ4v) is 6.29. The summed E-state index contributed by atoms with van der Waals surface area (Å²) < 4.78 is 1.89. The van der Waals surface area contributed by atoms with Gasteiger partial charge in [0.25, 0.3) is 5.56 Å². The highest BCUT2D eigenvalue weighted by molar-refractivity contribution is 5.69. The maximum absolute atomic E-state index is 13.9. The van der Waals surface area contributed by atoms with E-state index >= 15 is 0 Å². The number of likely N-dealkylation sites (N-methyl/N-ethyl adjacent to an activating group) is 1. The molecular weight excluding hydrogens is 468 g/mol. The van der Waals surface area contributed by atoms with Gasteiger partial charge in [-0.2, -0.15) is 5.26 Å². The minimum absolute atomic E-state index is 0.125. The number of carboxylic acid groups (broad SMARTS) is 1. The summed E-state index contributed by atoms with van der Waals surface area (Å²) in [4.78, 5) is 33.7. The fraction of sp³-hybridized carbons (Fsp3) is 0.536. The van der Waals surface area contributed by atoms with Crippen LogP contribution in [0, 0.1) is 11.3 Å². The molecular formula is C28H36N6O3. The van der Waals surface area contributed by atoms with Crippen LogP contribution in [-0.2, 0) is 26.1 Å². The Morgan fingerprint density at radius 3 is 2.59 bits per heavy atom. The second-order valence-electron chi connectivity index (χ2n) is 10.7. The van der Waals surface area contributed by atoms with E-state index in [1.807, 2.05) is 17.6 Å². The first-order valence-electron chi connectivity index (χ1n) is 13.3. The molecule has 0 bridgehead atoms. The number of anilines is 1. The van der Waals surface area contributed by atoms with E-state index in [1.165, 1.54) is 10.5 Å². The van der Waals surface area contributed by atoms with E-state index < -0.39 is 6.09 Å². The number of pyridine rings is 1. The molecule has 0 spiro atoms. The summed E-state index contributed by atoms with van der Waals surface area (Å²) in [5.41, 5.74) is 4.04. The van der Waals surface area contributed by atoms with Gasteiger partial charge in [0, 0.05) is 63.6 Å². The highest BCUT2D eigenvalue weighted by atomic mass is 16.4. The van der Waals surface area contributed by atoms with Gasteiger partial charge in [-0.3, -0.25) is 9.69 Å². The largest absolute Gasteiger partial charge is 0.465 e. The third kappa shape index (κ3) is 4.96. The standard InChI is InChI=1S/C28H36N6O3/c1-20-16-32(28(36)37)13-14-33(20)26-23-10-12-31(17-21-7-4-3-5-8-21)19-25(23)34(27(35)24(26)15-29)18-22-9-6-11-30(22)2/h3-5,7-8,20,22H,6,9-14,16-19H2,1-2H3,(H,36,37)/t20-,22-/m0/s1. The van der Waals surface area contributed by atoms with Crippen LogP contribution in [-0.4, -0.2) is 82.3 Å². The van der Waals surface area contributed by atoms with Gasteiger partial charge in [0.15, 0.2) is 0 Å². The lowest BCUT2D eigenvalue weighted by Gasteiger charge is -2.43. The van der Waals surface area contributed by atoms with Crippen LogP contribution in [0.1, 0.15) is 42.1 Å². The Labute approximate surface area is 218 Å². The molecule has 37 heavy (non-hydrogen) atoms. The van der Waals surface area contributed by atoms with E-state index in [1.54, 1.807) is 0 Å². The van der Waals surface area contributed by atoms with Crippen LogP contribution in [0.25, 0.3) is 0 Å².